The molecule has 174 valence electrons. The lowest BCUT2D eigenvalue weighted by Gasteiger charge is -2.14. The number of benzene rings is 2. The zero-order valence-electron chi connectivity index (χ0n) is 18.2. The monoisotopic (exact) mass is 468 g/mol. The van der Waals surface area contributed by atoms with Gasteiger partial charge in [-0.05, 0) is 43.7 Å². The van der Waals surface area contributed by atoms with Gasteiger partial charge in [0.05, 0.1) is 5.56 Å². The molecule has 0 fully saturated rings. The molecule has 34 heavy (non-hydrogen) atoms. The zero-order chi connectivity index (χ0) is 24.5. The Kier molecular flexibility index (Phi) is 6.06. The maximum Gasteiger partial charge on any atom is 0.416 e. The number of pyridine rings is 1. The highest BCUT2D eigenvalue weighted by Gasteiger charge is 2.30. The standard InChI is InChI=1S/C24H19F3N4O3/c1-14-11-15(2)31(13-19(32)28-18-10-6-9-17(12-18)24(25,26)27)23(33)20(14)22-29-21(30-34-22)16-7-4-3-5-8-16/h3-12H,13H2,1-2H3,(H,28,32). The Bertz CT molecular complexity index is 1410. The van der Waals surface area contributed by atoms with Gasteiger partial charge in [0.25, 0.3) is 11.4 Å². The largest absolute Gasteiger partial charge is 0.416 e. The molecule has 0 saturated carbocycles. The first-order chi connectivity index (χ1) is 16.1. The van der Waals surface area contributed by atoms with Gasteiger partial charge in [-0.2, -0.15) is 18.2 Å². The van der Waals surface area contributed by atoms with Gasteiger partial charge in [-0.25, -0.2) is 0 Å². The molecule has 4 aromatic rings. The summed E-state index contributed by atoms with van der Waals surface area (Å²) in [4.78, 5) is 30.1. The van der Waals surface area contributed by atoms with E-state index in [0.717, 1.165) is 12.1 Å². The molecule has 0 bridgehead atoms. The lowest BCUT2D eigenvalue weighted by molar-refractivity contribution is -0.137. The number of alkyl halides is 3. The van der Waals surface area contributed by atoms with Crippen LogP contribution in [0.15, 0.2) is 70.0 Å². The van der Waals surface area contributed by atoms with Crippen LogP contribution < -0.4 is 10.9 Å². The first-order valence-electron chi connectivity index (χ1n) is 10.2. The van der Waals surface area contributed by atoms with E-state index in [0.29, 0.717) is 22.6 Å². The molecule has 0 aliphatic heterocycles. The highest BCUT2D eigenvalue weighted by molar-refractivity contribution is 5.90. The van der Waals surface area contributed by atoms with Crippen molar-refractivity contribution < 1.29 is 22.5 Å². The number of carbonyl (C=O) groups is 1. The predicted molar refractivity (Wildman–Crippen MR) is 119 cm³/mol. The van der Waals surface area contributed by atoms with Crippen molar-refractivity contribution in [3.8, 4) is 22.8 Å². The van der Waals surface area contributed by atoms with E-state index in [4.69, 9.17) is 4.52 Å². The summed E-state index contributed by atoms with van der Waals surface area (Å²) in [5, 5.41) is 6.34. The number of aryl methyl sites for hydroxylation is 2. The normalized spacial score (nSPS) is 11.4. The van der Waals surface area contributed by atoms with Crippen LogP contribution in [-0.2, 0) is 17.5 Å². The van der Waals surface area contributed by atoms with Crippen LogP contribution in [0.5, 0.6) is 0 Å². The first-order valence-corrected chi connectivity index (χ1v) is 10.2. The minimum Gasteiger partial charge on any atom is -0.333 e. The third-order valence-electron chi connectivity index (χ3n) is 5.15. The number of hydrogen-bond acceptors (Lipinski definition) is 5. The van der Waals surface area contributed by atoms with Crippen molar-refractivity contribution >= 4 is 11.6 Å². The minimum absolute atomic E-state index is 0.00777. The SMILES string of the molecule is Cc1cc(C)n(CC(=O)Nc2cccc(C(F)(F)F)c2)c(=O)c1-c1nc(-c2ccccc2)no1. The van der Waals surface area contributed by atoms with Gasteiger partial charge in [-0.15, -0.1) is 0 Å². The quantitative estimate of drug-likeness (QED) is 0.453. The van der Waals surface area contributed by atoms with Crippen LogP contribution in [0.1, 0.15) is 16.8 Å². The number of rotatable bonds is 5. The van der Waals surface area contributed by atoms with Gasteiger partial charge in [-0.3, -0.25) is 9.59 Å². The van der Waals surface area contributed by atoms with Crippen molar-refractivity contribution in [3.63, 3.8) is 0 Å². The summed E-state index contributed by atoms with van der Waals surface area (Å²) in [6, 6.07) is 15.0. The molecule has 2 heterocycles. The van der Waals surface area contributed by atoms with Crippen LogP contribution in [-0.4, -0.2) is 20.6 Å². The Balaban J connectivity index is 1.62. The second-order valence-electron chi connectivity index (χ2n) is 7.65. The summed E-state index contributed by atoms with van der Waals surface area (Å²) in [5.41, 5.74) is 0.493. The maximum atomic E-state index is 13.2. The van der Waals surface area contributed by atoms with Gasteiger partial charge < -0.3 is 14.4 Å². The van der Waals surface area contributed by atoms with Gasteiger partial charge in [0.2, 0.25) is 11.7 Å². The summed E-state index contributed by atoms with van der Waals surface area (Å²) >= 11 is 0. The molecule has 0 spiro atoms. The summed E-state index contributed by atoms with van der Waals surface area (Å²) in [6.45, 7) is 2.95. The van der Waals surface area contributed by atoms with Crippen LogP contribution in [0.4, 0.5) is 18.9 Å². The molecular formula is C24H19F3N4O3. The van der Waals surface area contributed by atoms with Crippen molar-refractivity contribution in [2.24, 2.45) is 0 Å². The molecule has 4 rings (SSSR count). The van der Waals surface area contributed by atoms with Crippen molar-refractivity contribution in [2.45, 2.75) is 26.6 Å². The van der Waals surface area contributed by atoms with Gasteiger partial charge in [0, 0.05) is 16.9 Å². The van der Waals surface area contributed by atoms with Crippen molar-refractivity contribution in [1.82, 2.24) is 14.7 Å². The molecule has 0 radical (unpaired) electrons. The van der Waals surface area contributed by atoms with E-state index in [-0.39, 0.29) is 17.1 Å². The number of halogens is 3. The molecule has 0 atom stereocenters. The fourth-order valence-electron chi connectivity index (χ4n) is 3.53. The number of aromatic nitrogens is 3. The highest BCUT2D eigenvalue weighted by Crippen LogP contribution is 2.30. The summed E-state index contributed by atoms with van der Waals surface area (Å²) < 4.78 is 45.3. The van der Waals surface area contributed by atoms with Crippen LogP contribution in [0.3, 0.4) is 0 Å². The number of nitrogens with one attached hydrogen (secondary N) is 1. The van der Waals surface area contributed by atoms with Gasteiger partial charge in [0.15, 0.2) is 0 Å². The summed E-state index contributed by atoms with van der Waals surface area (Å²) in [5.74, 6) is -0.341. The molecule has 1 amide bonds. The first kappa shape index (κ1) is 23.0. The predicted octanol–water partition coefficient (Wildman–Crippen LogP) is 4.84. The lowest BCUT2D eigenvalue weighted by atomic mass is 10.1. The second kappa shape index (κ2) is 8.97. The lowest BCUT2D eigenvalue weighted by Crippen LogP contribution is -2.30. The molecule has 2 aromatic heterocycles. The molecule has 0 saturated heterocycles. The van der Waals surface area contributed by atoms with Gasteiger partial charge in [-0.1, -0.05) is 41.6 Å². The smallest absolute Gasteiger partial charge is 0.333 e. The van der Waals surface area contributed by atoms with Crippen molar-refractivity contribution in [2.75, 3.05) is 5.32 Å². The molecular weight excluding hydrogens is 449 g/mol. The second-order valence-corrected chi connectivity index (χ2v) is 7.65. The van der Waals surface area contributed by atoms with E-state index in [1.165, 1.54) is 16.7 Å². The Morgan fingerprint density at radius 1 is 1.06 bits per heavy atom. The van der Waals surface area contributed by atoms with Crippen molar-refractivity contribution in [3.05, 3.63) is 87.8 Å². The average Bonchev–Trinajstić information content (AvgIpc) is 3.26. The molecule has 7 nitrogen and oxygen atoms in total. The van der Waals surface area contributed by atoms with Gasteiger partial charge in [0.1, 0.15) is 12.1 Å². The maximum absolute atomic E-state index is 13.2. The Morgan fingerprint density at radius 3 is 2.50 bits per heavy atom. The van der Waals surface area contributed by atoms with Crippen LogP contribution in [0.2, 0.25) is 0 Å². The van der Waals surface area contributed by atoms with Crippen molar-refractivity contribution in [1.29, 1.82) is 0 Å². The topological polar surface area (TPSA) is 90.0 Å². The van der Waals surface area contributed by atoms with Gasteiger partial charge >= 0.3 is 6.18 Å². The minimum atomic E-state index is -4.54. The fraction of sp³-hybridized carbons (Fsp3) is 0.167. The third-order valence-corrected chi connectivity index (χ3v) is 5.15. The highest BCUT2D eigenvalue weighted by atomic mass is 19.4. The Morgan fingerprint density at radius 2 is 1.79 bits per heavy atom. The van der Waals surface area contributed by atoms with Crippen LogP contribution in [0, 0.1) is 13.8 Å². The molecule has 1 N–H and O–H groups in total. The molecule has 10 heteroatoms. The number of anilines is 1. The number of amides is 1. The van der Waals surface area contributed by atoms with Crippen LogP contribution >= 0.6 is 0 Å². The van der Waals surface area contributed by atoms with E-state index in [1.54, 1.807) is 32.0 Å². The Hall–Kier alpha value is -4.21. The Labute approximate surface area is 191 Å². The van der Waals surface area contributed by atoms with E-state index in [2.05, 4.69) is 15.5 Å². The number of carbonyl (C=O) groups excluding carboxylic acids is 1. The average molecular weight is 468 g/mol. The molecule has 0 aliphatic carbocycles. The van der Waals surface area contributed by atoms with E-state index < -0.39 is 29.8 Å². The number of nitrogens with zero attached hydrogens (tertiary/aromatic N) is 3. The number of hydrogen-bond donors (Lipinski definition) is 1. The van der Waals surface area contributed by atoms with E-state index >= 15 is 0 Å². The molecule has 0 aliphatic rings. The van der Waals surface area contributed by atoms with Crippen LogP contribution in [0.25, 0.3) is 22.8 Å². The summed E-state index contributed by atoms with van der Waals surface area (Å²) in [6.07, 6.45) is -4.54. The molecule has 2 aromatic carbocycles. The van der Waals surface area contributed by atoms with E-state index in [1.807, 2.05) is 18.2 Å². The fourth-order valence-corrected chi connectivity index (χ4v) is 3.53. The van der Waals surface area contributed by atoms with E-state index in [9.17, 15) is 22.8 Å². The zero-order valence-corrected chi connectivity index (χ0v) is 18.2. The molecule has 0 unspecified atom stereocenters. The third kappa shape index (κ3) is 4.75. The summed E-state index contributed by atoms with van der Waals surface area (Å²) in [7, 11) is 0.